The van der Waals surface area contributed by atoms with Gasteiger partial charge in [0.05, 0.1) is 11.2 Å². The van der Waals surface area contributed by atoms with Crippen LogP contribution in [0.5, 0.6) is 0 Å². The molecule has 0 radical (unpaired) electrons. The maximum atomic E-state index is 11.9. The molecular weight excluding hydrogens is 258 g/mol. The van der Waals surface area contributed by atoms with Crippen molar-refractivity contribution in [3.05, 3.63) is 16.1 Å². The number of hydrogen-bond donors (Lipinski definition) is 1. The smallest absolute Gasteiger partial charge is 0.263 e. The third kappa shape index (κ3) is 4.28. The Morgan fingerprint density at radius 2 is 2.47 bits per heavy atom. The van der Waals surface area contributed by atoms with Gasteiger partial charge in [-0.3, -0.25) is 4.79 Å². The van der Waals surface area contributed by atoms with E-state index >= 15 is 0 Å². The number of likely N-dealkylation sites (tertiary alicyclic amines) is 1. The summed E-state index contributed by atoms with van der Waals surface area (Å²) in [5.41, 5.74) is 0. The summed E-state index contributed by atoms with van der Waals surface area (Å²) in [6, 6.07) is 0. The van der Waals surface area contributed by atoms with Gasteiger partial charge in [0.25, 0.3) is 5.91 Å². The summed E-state index contributed by atoms with van der Waals surface area (Å²) in [6.07, 6.45) is 5.19. The van der Waals surface area contributed by atoms with Gasteiger partial charge in [0.2, 0.25) is 0 Å². The average molecular weight is 281 g/mol. The fourth-order valence-electron chi connectivity index (χ4n) is 2.48. The van der Waals surface area contributed by atoms with Crippen molar-refractivity contribution in [2.75, 3.05) is 26.2 Å². The first kappa shape index (κ1) is 14.5. The van der Waals surface area contributed by atoms with Gasteiger partial charge in [-0.25, -0.2) is 4.98 Å². The highest BCUT2D eigenvalue weighted by molar-refractivity contribution is 7.13. The molecule has 2 rings (SSSR count). The summed E-state index contributed by atoms with van der Waals surface area (Å²) in [6.45, 7) is 8.37. The van der Waals surface area contributed by atoms with E-state index in [1.807, 2.05) is 0 Å². The minimum Gasteiger partial charge on any atom is -0.350 e. The molecule has 1 aromatic heterocycles. The SMILES string of the molecule is CCc1ncc(C(=O)NCCN2CCCC(C)C2)s1. The van der Waals surface area contributed by atoms with E-state index in [1.54, 1.807) is 6.20 Å². The zero-order valence-electron chi connectivity index (χ0n) is 11.8. The van der Waals surface area contributed by atoms with Crippen molar-refractivity contribution < 1.29 is 4.79 Å². The van der Waals surface area contributed by atoms with E-state index in [1.165, 1.54) is 30.7 Å². The third-order valence-electron chi connectivity index (χ3n) is 3.53. The summed E-state index contributed by atoms with van der Waals surface area (Å²) in [5.74, 6) is 0.806. The molecule has 1 unspecified atom stereocenters. The fraction of sp³-hybridized carbons (Fsp3) is 0.714. The normalized spacial score (nSPS) is 20.4. The monoisotopic (exact) mass is 281 g/mol. The maximum Gasteiger partial charge on any atom is 0.263 e. The lowest BCUT2D eigenvalue weighted by Gasteiger charge is -2.30. The van der Waals surface area contributed by atoms with Crippen LogP contribution < -0.4 is 5.32 Å². The van der Waals surface area contributed by atoms with Gasteiger partial charge >= 0.3 is 0 Å². The highest BCUT2D eigenvalue weighted by atomic mass is 32.1. The zero-order valence-corrected chi connectivity index (χ0v) is 12.6. The summed E-state index contributed by atoms with van der Waals surface area (Å²) in [5, 5.41) is 4.01. The molecule has 1 atom stereocenters. The first-order valence-corrected chi connectivity index (χ1v) is 7.96. The van der Waals surface area contributed by atoms with Crippen molar-refractivity contribution in [3.8, 4) is 0 Å². The molecule has 1 aliphatic rings. The summed E-state index contributed by atoms with van der Waals surface area (Å²) < 4.78 is 0. The number of rotatable bonds is 5. The Bertz CT molecular complexity index is 419. The van der Waals surface area contributed by atoms with Crippen LogP contribution in [0.1, 0.15) is 41.4 Å². The van der Waals surface area contributed by atoms with E-state index in [-0.39, 0.29) is 5.91 Å². The maximum absolute atomic E-state index is 11.9. The lowest BCUT2D eigenvalue weighted by molar-refractivity contribution is 0.0947. The molecule has 0 aromatic carbocycles. The summed E-state index contributed by atoms with van der Waals surface area (Å²) in [4.78, 5) is 19.3. The Labute approximate surface area is 119 Å². The molecule has 1 amide bonds. The number of carbonyl (C=O) groups excluding carboxylic acids is 1. The number of aryl methyl sites for hydroxylation is 1. The van der Waals surface area contributed by atoms with Crippen molar-refractivity contribution in [2.45, 2.75) is 33.1 Å². The van der Waals surface area contributed by atoms with Crippen LogP contribution in [0.25, 0.3) is 0 Å². The van der Waals surface area contributed by atoms with Crippen molar-refractivity contribution >= 4 is 17.2 Å². The van der Waals surface area contributed by atoms with Gasteiger partial charge in [-0.15, -0.1) is 11.3 Å². The van der Waals surface area contributed by atoms with Crippen LogP contribution >= 0.6 is 11.3 Å². The molecule has 0 saturated carbocycles. The van der Waals surface area contributed by atoms with Gasteiger partial charge in [0.1, 0.15) is 4.88 Å². The molecule has 4 nitrogen and oxygen atoms in total. The Hall–Kier alpha value is -0.940. The quantitative estimate of drug-likeness (QED) is 0.899. The second-order valence-electron chi connectivity index (χ2n) is 5.28. The van der Waals surface area contributed by atoms with E-state index in [9.17, 15) is 4.79 Å². The van der Waals surface area contributed by atoms with Crippen molar-refractivity contribution in [2.24, 2.45) is 5.92 Å². The second kappa shape index (κ2) is 7.01. The van der Waals surface area contributed by atoms with Crippen LogP contribution in [0.15, 0.2) is 6.20 Å². The Morgan fingerprint density at radius 3 is 3.16 bits per heavy atom. The predicted octanol–water partition coefficient (Wildman–Crippen LogP) is 2.17. The van der Waals surface area contributed by atoms with E-state index < -0.39 is 0 Å². The van der Waals surface area contributed by atoms with Crippen LogP contribution in [0.2, 0.25) is 0 Å². The van der Waals surface area contributed by atoms with Gasteiger partial charge in [-0.1, -0.05) is 13.8 Å². The van der Waals surface area contributed by atoms with Crippen LogP contribution in [0, 0.1) is 5.92 Å². The molecule has 1 aromatic rings. The van der Waals surface area contributed by atoms with E-state index in [0.29, 0.717) is 0 Å². The molecule has 1 saturated heterocycles. The Balaban J connectivity index is 1.71. The van der Waals surface area contributed by atoms with Gasteiger partial charge in [-0.2, -0.15) is 0 Å². The first-order valence-electron chi connectivity index (χ1n) is 7.14. The van der Waals surface area contributed by atoms with Crippen LogP contribution in [-0.2, 0) is 6.42 Å². The number of piperidine rings is 1. The lowest BCUT2D eigenvalue weighted by atomic mass is 10.0. The molecule has 0 spiro atoms. The highest BCUT2D eigenvalue weighted by Crippen LogP contribution is 2.15. The predicted molar refractivity (Wildman–Crippen MR) is 78.7 cm³/mol. The first-order chi connectivity index (χ1) is 9.19. The summed E-state index contributed by atoms with van der Waals surface area (Å²) >= 11 is 1.49. The minimum absolute atomic E-state index is 0.0160. The molecule has 1 aliphatic heterocycles. The Morgan fingerprint density at radius 1 is 1.63 bits per heavy atom. The van der Waals surface area contributed by atoms with E-state index in [2.05, 4.69) is 29.0 Å². The molecular formula is C14H23N3OS. The van der Waals surface area contributed by atoms with E-state index in [0.717, 1.165) is 41.9 Å². The van der Waals surface area contributed by atoms with Crippen LogP contribution in [-0.4, -0.2) is 42.0 Å². The largest absolute Gasteiger partial charge is 0.350 e. The molecule has 106 valence electrons. The minimum atomic E-state index is 0.0160. The number of thiazole rings is 1. The molecule has 1 fully saturated rings. The topological polar surface area (TPSA) is 45.2 Å². The Kier molecular flexibility index (Phi) is 5.34. The molecule has 0 bridgehead atoms. The number of carbonyl (C=O) groups is 1. The number of aromatic nitrogens is 1. The fourth-order valence-corrected chi connectivity index (χ4v) is 3.26. The number of amides is 1. The lowest BCUT2D eigenvalue weighted by Crippen LogP contribution is -2.40. The van der Waals surface area contributed by atoms with Crippen molar-refractivity contribution in [1.82, 2.24) is 15.2 Å². The van der Waals surface area contributed by atoms with Gasteiger partial charge in [0, 0.05) is 19.6 Å². The molecule has 1 N–H and O–H groups in total. The van der Waals surface area contributed by atoms with Gasteiger partial charge in [0.15, 0.2) is 0 Å². The van der Waals surface area contributed by atoms with Crippen molar-refractivity contribution in [3.63, 3.8) is 0 Å². The van der Waals surface area contributed by atoms with E-state index in [4.69, 9.17) is 0 Å². The van der Waals surface area contributed by atoms with Gasteiger partial charge < -0.3 is 10.2 Å². The summed E-state index contributed by atoms with van der Waals surface area (Å²) in [7, 11) is 0. The average Bonchev–Trinajstić information content (AvgIpc) is 2.87. The highest BCUT2D eigenvalue weighted by Gasteiger charge is 2.16. The number of hydrogen-bond acceptors (Lipinski definition) is 4. The number of nitrogens with one attached hydrogen (secondary N) is 1. The van der Waals surface area contributed by atoms with Crippen molar-refractivity contribution in [1.29, 1.82) is 0 Å². The standard InChI is InChI=1S/C14H23N3OS/c1-3-13-16-9-12(19-13)14(18)15-6-8-17-7-4-5-11(2)10-17/h9,11H,3-8,10H2,1-2H3,(H,15,18). The molecule has 19 heavy (non-hydrogen) atoms. The van der Waals surface area contributed by atoms with Crippen LogP contribution in [0.4, 0.5) is 0 Å². The van der Waals surface area contributed by atoms with Crippen LogP contribution in [0.3, 0.4) is 0 Å². The number of nitrogens with zero attached hydrogens (tertiary/aromatic N) is 2. The molecule has 2 heterocycles. The zero-order chi connectivity index (χ0) is 13.7. The molecule has 0 aliphatic carbocycles. The van der Waals surface area contributed by atoms with Gasteiger partial charge in [-0.05, 0) is 31.7 Å². The third-order valence-corrected chi connectivity index (χ3v) is 4.67. The molecule has 5 heteroatoms. The second-order valence-corrected chi connectivity index (χ2v) is 6.39.